The van der Waals surface area contributed by atoms with E-state index in [9.17, 15) is 9.59 Å². The van der Waals surface area contributed by atoms with Gasteiger partial charge in [-0.05, 0) is 17.7 Å². The van der Waals surface area contributed by atoms with Gasteiger partial charge in [-0.15, -0.1) is 0 Å². The molecule has 0 bridgehead atoms. The zero-order valence-electron chi connectivity index (χ0n) is 10.7. The average Bonchev–Trinajstić information content (AvgIpc) is 3.22. The number of Topliss-reactive ketones (excluding diaryl/α,β-unsaturated/α-hetero) is 1. The molecule has 0 N–H and O–H groups in total. The molecule has 3 atom stereocenters. The fourth-order valence-electron chi connectivity index (χ4n) is 2.78. The average molecular weight is 285 g/mol. The molecule has 0 radical (unpaired) electrons. The second-order valence-electron chi connectivity index (χ2n) is 5.05. The monoisotopic (exact) mass is 284 g/mol. The highest BCUT2D eigenvalue weighted by atomic mass is 35.5. The molecular weight excluding hydrogens is 272 g/mol. The lowest BCUT2D eigenvalue weighted by Gasteiger charge is -2.01. The molecule has 1 aliphatic rings. The van der Waals surface area contributed by atoms with Gasteiger partial charge in [0.1, 0.15) is 6.29 Å². The summed E-state index contributed by atoms with van der Waals surface area (Å²) in [4.78, 5) is 23.6. The van der Waals surface area contributed by atoms with Crippen molar-refractivity contribution in [2.75, 3.05) is 0 Å². The third kappa shape index (κ3) is 2.27. The Morgan fingerprint density at radius 2 is 1.80 bits per heavy atom. The van der Waals surface area contributed by atoms with Crippen molar-refractivity contribution in [1.29, 1.82) is 0 Å². The number of benzene rings is 2. The third-order valence-electron chi connectivity index (χ3n) is 3.83. The maximum absolute atomic E-state index is 12.5. The first-order valence-electron chi connectivity index (χ1n) is 6.52. The summed E-state index contributed by atoms with van der Waals surface area (Å²) in [5.74, 6) is -0.499. The van der Waals surface area contributed by atoms with Crippen molar-refractivity contribution in [1.82, 2.24) is 0 Å². The minimum Gasteiger partial charge on any atom is -0.303 e. The molecule has 1 fully saturated rings. The highest BCUT2D eigenvalue weighted by Crippen LogP contribution is 2.54. The molecule has 1 saturated carbocycles. The summed E-state index contributed by atoms with van der Waals surface area (Å²) in [5.41, 5.74) is 1.62. The van der Waals surface area contributed by atoms with Crippen LogP contribution in [0.4, 0.5) is 0 Å². The molecule has 20 heavy (non-hydrogen) atoms. The molecule has 0 spiro atoms. The lowest BCUT2D eigenvalue weighted by atomic mass is 10.0. The Kier molecular flexibility index (Phi) is 3.41. The number of halogens is 1. The van der Waals surface area contributed by atoms with E-state index < -0.39 is 0 Å². The van der Waals surface area contributed by atoms with Gasteiger partial charge >= 0.3 is 0 Å². The SMILES string of the molecule is O=C[C@H]1[C@@H](C(=O)c2ccccc2)[C@@H]1c1cccc(Cl)c1. The molecule has 0 unspecified atom stereocenters. The highest BCUT2D eigenvalue weighted by Gasteiger charge is 2.55. The second-order valence-corrected chi connectivity index (χ2v) is 5.49. The number of hydrogen-bond donors (Lipinski definition) is 0. The third-order valence-corrected chi connectivity index (χ3v) is 4.06. The molecule has 0 aromatic heterocycles. The van der Waals surface area contributed by atoms with Crippen LogP contribution in [0, 0.1) is 11.8 Å². The molecule has 0 amide bonds. The topological polar surface area (TPSA) is 34.1 Å². The predicted octanol–water partition coefficient (Wildman–Crippen LogP) is 3.75. The van der Waals surface area contributed by atoms with Gasteiger partial charge in [0.15, 0.2) is 5.78 Å². The number of ketones is 1. The Morgan fingerprint density at radius 3 is 2.45 bits per heavy atom. The lowest BCUT2D eigenvalue weighted by molar-refractivity contribution is -0.109. The van der Waals surface area contributed by atoms with Gasteiger partial charge in [0.25, 0.3) is 0 Å². The summed E-state index contributed by atoms with van der Waals surface area (Å²) in [6, 6.07) is 16.5. The fourth-order valence-corrected chi connectivity index (χ4v) is 2.98. The van der Waals surface area contributed by atoms with Gasteiger partial charge in [0, 0.05) is 28.3 Å². The van der Waals surface area contributed by atoms with Crippen LogP contribution in [0.15, 0.2) is 54.6 Å². The van der Waals surface area contributed by atoms with Crippen LogP contribution >= 0.6 is 11.6 Å². The van der Waals surface area contributed by atoms with Gasteiger partial charge < -0.3 is 4.79 Å². The van der Waals surface area contributed by atoms with Crippen molar-refractivity contribution in [3.8, 4) is 0 Å². The first-order valence-corrected chi connectivity index (χ1v) is 6.90. The van der Waals surface area contributed by atoms with Crippen LogP contribution in [-0.4, -0.2) is 12.1 Å². The van der Waals surface area contributed by atoms with E-state index in [0.29, 0.717) is 10.6 Å². The standard InChI is InChI=1S/C17H13ClO2/c18-13-8-4-7-12(9-13)15-14(10-19)16(15)17(20)11-5-2-1-3-6-11/h1-10,14-16H/t14-,15-,16-/m1/s1. The summed E-state index contributed by atoms with van der Waals surface area (Å²) in [7, 11) is 0. The van der Waals surface area contributed by atoms with E-state index in [1.165, 1.54) is 0 Å². The van der Waals surface area contributed by atoms with Crippen LogP contribution in [0.2, 0.25) is 5.02 Å². The van der Waals surface area contributed by atoms with Gasteiger partial charge in [-0.1, -0.05) is 54.1 Å². The molecule has 2 aromatic rings. The zero-order valence-corrected chi connectivity index (χ0v) is 11.5. The number of carbonyl (C=O) groups is 2. The van der Waals surface area contributed by atoms with E-state index in [1.807, 2.05) is 36.4 Å². The molecule has 0 heterocycles. The van der Waals surface area contributed by atoms with Gasteiger partial charge in [-0.2, -0.15) is 0 Å². The van der Waals surface area contributed by atoms with Crippen molar-refractivity contribution in [2.45, 2.75) is 5.92 Å². The molecule has 100 valence electrons. The minimum absolute atomic E-state index is 0.0349. The smallest absolute Gasteiger partial charge is 0.167 e. The Balaban J connectivity index is 1.88. The van der Waals surface area contributed by atoms with Gasteiger partial charge in [0.2, 0.25) is 0 Å². The number of carbonyl (C=O) groups excluding carboxylic acids is 2. The quantitative estimate of drug-likeness (QED) is 0.633. The van der Waals surface area contributed by atoms with Gasteiger partial charge in [-0.25, -0.2) is 0 Å². The van der Waals surface area contributed by atoms with E-state index in [1.54, 1.807) is 18.2 Å². The van der Waals surface area contributed by atoms with Crippen LogP contribution in [0.25, 0.3) is 0 Å². The molecule has 2 aromatic carbocycles. The molecule has 3 heteroatoms. The molecule has 1 aliphatic carbocycles. The van der Waals surface area contributed by atoms with Crippen molar-refractivity contribution in [3.05, 3.63) is 70.7 Å². The van der Waals surface area contributed by atoms with E-state index in [0.717, 1.165) is 11.8 Å². The first kappa shape index (κ1) is 13.1. The normalized spacial score (nSPS) is 24.1. The predicted molar refractivity (Wildman–Crippen MR) is 78.0 cm³/mol. The Morgan fingerprint density at radius 1 is 1.05 bits per heavy atom. The minimum atomic E-state index is -0.256. The highest BCUT2D eigenvalue weighted by molar-refractivity contribution is 6.30. The van der Waals surface area contributed by atoms with Gasteiger partial charge in [0.05, 0.1) is 0 Å². The zero-order chi connectivity index (χ0) is 14.1. The summed E-state index contributed by atoms with van der Waals surface area (Å²) < 4.78 is 0. The number of hydrogen-bond acceptors (Lipinski definition) is 2. The van der Waals surface area contributed by atoms with Gasteiger partial charge in [-0.3, -0.25) is 4.79 Å². The number of rotatable bonds is 4. The van der Waals surface area contributed by atoms with Crippen molar-refractivity contribution in [3.63, 3.8) is 0 Å². The van der Waals surface area contributed by atoms with Crippen molar-refractivity contribution >= 4 is 23.7 Å². The van der Waals surface area contributed by atoms with Crippen LogP contribution < -0.4 is 0 Å². The fraction of sp³-hybridized carbons (Fsp3) is 0.176. The number of aldehydes is 1. The summed E-state index contributed by atoms with van der Waals surface area (Å²) in [6.45, 7) is 0. The van der Waals surface area contributed by atoms with Crippen molar-refractivity contribution in [2.24, 2.45) is 11.8 Å². The van der Waals surface area contributed by atoms with Crippen LogP contribution in [0.1, 0.15) is 21.8 Å². The molecule has 0 aliphatic heterocycles. The Bertz CT molecular complexity index is 651. The van der Waals surface area contributed by atoms with Crippen molar-refractivity contribution < 1.29 is 9.59 Å². The maximum atomic E-state index is 12.5. The summed E-state index contributed by atoms with van der Waals surface area (Å²) in [6.07, 6.45) is 0.886. The Hall–Kier alpha value is -1.93. The van der Waals surface area contributed by atoms with E-state index in [-0.39, 0.29) is 23.5 Å². The Labute approximate surface area is 122 Å². The van der Waals surface area contributed by atoms with E-state index >= 15 is 0 Å². The molecule has 0 saturated heterocycles. The largest absolute Gasteiger partial charge is 0.303 e. The lowest BCUT2D eigenvalue weighted by Crippen LogP contribution is -2.04. The molecular formula is C17H13ClO2. The molecule has 2 nitrogen and oxygen atoms in total. The van der Waals surface area contributed by atoms with Crippen LogP contribution in [-0.2, 0) is 4.79 Å². The summed E-state index contributed by atoms with van der Waals surface area (Å²) >= 11 is 5.98. The van der Waals surface area contributed by atoms with E-state index in [4.69, 9.17) is 11.6 Å². The maximum Gasteiger partial charge on any atom is 0.167 e. The molecule has 3 rings (SSSR count). The van der Waals surface area contributed by atoms with E-state index in [2.05, 4.69) is 0 Å². The van der Waals surface area contributed by atoms with Crippen LogP contribution in [0.3, 0.4) is 0 Å². The second kappa shape index (κ2) is 5.22. The summed E-state index contributed by atoms with van der Waals surface area (Å²) in [5, 5.41) is 0.630. The van der Waals surface area contributed by atoms with Crippen LogP contribution in [0.5, 0.6) is 0 Å². The first-order chi connectivity index (χ1) is 9.72.